The van der Waals surface area contributed by atoms with Crippen molar-refractivity contribution in [1.82, 2.24) is 0 Å². The molecule has 2 aromatic rings. The average molecular weight is 317 g/mol. The molecule has 2 heteroatoms. The minimum atomic E-state index is 0.398. The molecule has 2 aromatic carbocycles. The molecule has 19 heavy (non-hydrogen) atoms. The van der Waals surface area contributed by atoms with Crippen LogP contribution in [0.2, 0.25) is 0 Å². The zero-order valence-corrected chi connectivity index (χ0v) is 12.7. The standard InChI is InChI=1S/C17H17BrO/c1-13(15-7-9-16(18)10-8-15)3-4-14-5-11-17(19-2)12-6-14/h3-13H,1-2H3/b4-3+/t13-/m0/s1. The first-order valence-electron chi connectivity index (χ1n) is 6.27. The lowest BCUT2D eigenvalue weighted by Gasteiger charge is -2.06. The SMILES string of the molecule is COc1ccc(/C=C/[C@H](C)c2ccc(Br)cc2)cc1. The van der Waals surface area contributed by atoms with Crippen LogP contribution in [0.3, 0.4) is 0 Å². The van der Waals surface area contributed by atoms with Crippen molar-refractivity contribution >= 4 is 22.0 Å². The molecule has 98 valence electrons. The van der Waals surface area contributed by atoms with Gasteiger partial charge in [-0.1, -0.05) is 59.3 Å². The topological polar surface area (TPSA) is 9.23 Å². The van der Waals surface area contributed by atoms with Gasteiger partial charge in [0.05, 0.1) is 7.11 Å². The fourth-order valence-electron chi connectivity index (χ4n) is 1.85. The Kier molecular flexibility index (Phi) is 4.80. The predicted molar refractivity (Wildman–Crippen MR) is 84.6 cm³/mol. The van der Waals surface area contributed by atoms with Crippen molar-refractivity contribution in [1.29, 1.82) is 0 Å². The van der Waals surface area contributed by atoms with Crippen molar-refractivity contribution < 1.29 is 4.74 Å². The average Bonchev–Trinajstić information content (AvgIpc) is 2.46. The summed E-state index contributed by atoms with van der Waals surface area (Å²) < 4.78 is 6.26. The van der Waals surface area contributed by atoms with E-state index in [2.05, 4.69) is 71.4 Å². The summed E-state index contributed by atoms with van der Waals surface area (Å²) in [4.78, 5) is 0. The van der Waals surface area contributed by atoms with Gasteiger partial charge < -0.3 is 4.74 Å². The number of methoxy groups -OCH3 is 1. The molecular weight excluding hydrogens is 300 g/mol. The minimum absolute atomic E-state index is 0.398. The molecule has 0 radical (unpaired) electrons. The molecule has 0 aromatic heterocycles. The summed E-state index contributed by atoms with van der Waals surface area (Å²) in [6.45, 7) is 2.20. The van der Waals surface area contributed by atoms with Gasteiger partial charge in [0.2, 0.25) is 0 Å². The lowest BCUT2D eigenvalue weighted by Crippen LogP contribution is -1.88. The molecule has 2 rings (SSSR count). The second kappa shape index (κ2) is 6.58. The maximum absolute atomic E-state index is 5.15. The van der Waals surface area contributed by atoms with Crippen molar-refractivity contribution in [3.8, 4) is 5.75 Å². The third-order valence-electron chi connectivity index (χ3n) is 3.09. The van der Waals surface area contributed by atoms with Crippen LogP contribution in [0, 0.1) is 0 Å². The van der Waals surface area contributed by atoms with Crippen molar-refractivity contribution in [2.45, 2.75) is 12.8 Å². The summed E-state index contributed by atoms with van der Waals surface area (Å²) in [6, 6.07) is 16.5. The van der Waals surface area contributed by atoms with Crippen LogP contribution in [0.5, 0.6) is 5.75 Å². The molecule has 0 spiro atoms. The Morgan fingerprint density at radius 2 is 1.63 bits per heavy atom. The summed E-state index contributed by atoms with van der Waals surface area (Å²) in [7, 11) is 1.68. The molecule has 0 aliphatic carbocycles. The van der Waals surface area contributed by atoms with Crippen molar-refractivity contribution in [3.63, 3.8) is 0 Å². The fourth-order valence-corrected chi connectivity index (χ4v) is 2.11. The van der Waals surface area contributed by atoms with Crippen LogP contribution in [-0.4, -0.2) is 7.11 Å². The first-order valence-corrected chi connectivity index (χ1v) is 7.06. The second-order valence-electron chi connectivity index (χ2n) is 4.47. The number of ether oxygens (including phenoxy) is 1. The summed E-state index contributed by atoms with van der Waals surface area (Å²) in [5, 5.41) is 0. The van der Waals surface area contributed by atoms with Gasteiger partial charge in [-0.2, -0.15) is 0 Å². The van der Waals surface area contributed by atoms with E-state index in [1.54, 1.807) is 7.11 Å². The summed E-state index contributed by atoms with van der Waals surface area (Å²) >= 11 is 3.45. The van der Waals surface area contributed by atoms with Gasteiger partial charge in [-0.25, -0.2) is 0 Å². The van der Waals surface area contributed by atoms with Gasteiger partial charge in [0.1, 0.15) is 5.75 Å². The highest BCUT2D eigenvalue weighted by molar-refractivity contribution is 9.10. The Bertz CT molecular complexity index is 540. The van der Waals surface area contributed by atoms with Crippen molar-refractivity contribution in [2.24, 2.45) is 0 Å². The van der Waals surface area contributed by atoms with E-state index in [-0.39, 0.29) is 0 Å². The first-order chi connectivity index (χ1) is 9.19. The fraction of sp³-hybridized carbons (Fsp3) is 0.176. The molecule has 0 N–H and O–H groups in total. The van der Waals surface area contributed by atoms with Crippen molar-refractivity contribution in [3.05, 3.63) is 70.2 Å². The Morgan fingerprint density at radius 1 is 1.00 bits per heavy atom. The highest BCUT2D eigenvalue weighted by Crippen LogP contribution is 2.21. The van der Waals surface area contributed by atoms with Gasteiger partial charge in [0.15, 0.2) is 0 Å². The number of rotatable bonds is 4. The van der Waals surface area contributed by atoms with Crippen LogP contribution in [0.4, 0.5) is 0 Å². The largest absolute Gasteiger partial charge is 0.497 e. The van der Waals surface area contributed by atoms with E-state index in [1.165, 1.54) is 11.1 Å². The molecule has 0 unspecified atom stereocenters. The number of hydrogen-bond acceptors (Lipinski definition) is 1. The van der Waals surface area contributed by atoms with E-state index in [1.807, 2.05) is 12.1 Å². The molecular formula is C17H17BrO. The third-order valence-corrected chi connectivity index (χ3v) is 3.62. The maximum atomic E-state index is 5.15. The zero-order valence-electron chi connectivity index (χ0n) is 11.1. The Hall–Kier alpha value is -1.54. The Balaban J connectivity index is 2.06. The molecule has 0 aliphatic rings. The first kappa shape index (κ1) is 13.9. The van der Waals surface area contributed by atoms with E-state index in [9.17, 15) is 0 Å². The molecule has 0 saturated heterocycles. The number of hydrogen-bond donors (Lipinski definition) is 0. The predicted octanol–water partition coefficient (Wildman–Crippen LogP) is 5.27. The van der Waals surface area contributed by atoms with Crippen LogP contribution < -0.4 is 4.74 Å². The van der Waals surface area contributed by atoms with Crippen LogP contribution in [0.25, 0.3) is 6.08 Å². The van der Waals surface area contributed by atoms with E-state index in [0.717, 1.165) is 10.2 Å². The Morgan fingerprint density at radius 3 is 2.21 bits per heavy atom. The molecule has 0 aliphatic heterocycles. The van der Waals surface area contributed by atoms with Gasteiger partial charge in [-0.3, -0.25) is 0 Å². The molecule has 0 heterocycles. The number of allylic oxidation sites excluding steroid dienone is 1. The second-order valence-corrected chi connectivity index (χ2v) is 5.39. The maximum Gasteiger partial charge on any atom is 0.118 e. The quantitative estimate of drug-likeness (QED) is 0.746. The highest BCUT2D eigenvalue weighted by atomic mass is 79.9. The summed E-state index contributed by atoms with van der Waals surface area (Å²) in [5.41, 5.74) is 2.50. The van der Waals surface area contributed by atoms with E-state index in [0.29, 0.717) is 5.92 Å². The minimum Gasteiger partial charge on any atom is -0.497 e. The van der Waals surface area contributed by atoms with E-state index in [4.69, 9.17) is 4.74 Å². The van der Waals surface area contributed by atoms with Crippen LogP contribution >= 0.6 is 15.9 Å². The summed E-state index contributed by atoms with van der Waals surface area (Å²) in [6.07, 6.45) is 4.36. The number of halogens is 1. The van der Waals surface area contributed by atoms with Gasteiger partial charge in [0.25, 0.3) is 0 Å². The van der Waals surface area contributed by atoms with E-state index >= 15 is 0 Å². The third kappa shape index (κ3) is 3.97. The molecule has 1 atom stereocenters. The van der Waals surface area contributed by atoms with Crippen LogP contribution in [0.15, 0.2) is 59.1 Å². The van der Waals surface area contributed by atoms with Crippen LogP contribution in [0.1, 0.15) is 24.0 Å². The normalized spacial score (nSPS) is 12.6. The molecule has 0 bridgehead atoms. The van der Waals surface area contributed by atoms with Gasteiger partial charge in [0, 0.05) is 4.47 Å². The Labute approximate surface area is 123 Å². The zero-order chi connectivity index (χ0) is 13.7. The van der Waals surface area contributed by atoms with Crippen molar-refractivity contribution in [2.75, 3.05) is 7.11 Å². The monoisotopic (exact) mass is 316 g/mol. The number of benzene rings is 2. The summed E-state index contributed by atoms with van der Waals surface area (Å²) in [5.74, 6) is 1.29. The molecule has 1 nitrogen and oxygen atoms in total. The highest BCUT2D eigenvalue weighted by Gasteiger charge is 2.00. The lowest BCUT2D eigenvalue weighted by molar-refractivity contribution is 0.415. The lowest BCUT2D eigenvalue weighted by atomic mass is 10.00. The van der Waals surface area contributed by atoms with Gasteiger partial charge in [-0.15, -0.1) is 0 Å². The smallest absolute Gasteiger partial charge is 0.118 e. The van der Waals surface area contributed by atoms with Gasteiger partial charge in [-0.05, 0) is 41.3 Å². The van der Waals surface area contributed by atoms with Gasteiger partial charge >= 0.3 is 0 Å². The molecule has 0 fully saturated rings. The molecule has 0 amide bonds. The molecule has 0 saturated carbocycles. The van der Waals surface area contributed by atoms with Crippen LogP contribution in [-0.2, 0) is 0 Å². The van der Waals surface area contributed by atoms with E-state index < -0.39 is 0 Å².